The van der Waals surface area contributed by atoms with Gasteiger partial charge in [-0.15, -0.1) is 0 Å². The lowest BCUT2D eigenvalue weighted by Crippen LogP contribution is -2.47. The number of aryl methyl sites for hydroxylation is 2. The van der Waals surface area contributed by atoms with Crippen molar-refractivity contribution < 1.29 is 69.3 Å². The Bertz CT molecular complexity index is 1030. The first kappa shape index (κ1) is 31.4. The van der Waals surface area contributed by atoms with E-state index in [4.69, 9.17) is 0 Å². The number of sulfone groups is 3. The molecule has 0 aliphatic rings. The highest BCUT2D eigenvalue weighted by Gasteiger charge is 2.63. The fraction of sp³-hybridized carbons (Fsp3) is 0.692. The molecular formula is C13H17F9N2O6S3. The second-order valence-electron chi connectivity index (χ2n) is 6.10. The van der Waals surface area contributed by atoms with Crippen LogP contribution in [0.3, 0.4) is 0 Å². The van der Waals surface area contributed by atoms with Crippen LogP contribution in [0, 0.1) is 10.8 Å². The first-order valence-corrected chi connectivity index (χ1v) is 12.6. The van der Waals surface area contributed by atoms with Crippen molar-refractivity contribution in [1.29, 1.82) is 0 Å². The van der Waals surface area contributed by atoms with Crippen LogP contribution in [0.4, 0.5) is 39.5 Å². The lowest BCUT2D eigenvalue weighted by atomic mass is 10.3. The van der Waals surface area contributed by atoms with Gasteiger partial charge in [0.2, 0.25) is 0 Å². The zero-order chi connectivity index (χ0) is 26.8. The predicted molar refractivity (Wildman–Crippen MR) is 93.4 cm³/mol. The van der Waals surface area contributed by atoms with Gasteiger partial charge in [0.15, 0.2) is 29.5 Å². The van der Waals surface area contributed by atoms with Gasteiger partial charge in [0, 0.05) is 6.92 Å². The molecule has 0 aromatic carbocycles. The van der Waals surface area contributed by atoms with Gasteiger partial charge < -0.3 is 0 Å². The van der Waals surface area contributed by atoms with Gasteiger partial charge in [0.25, 0.3) is 5.82 Å². The van der Waals surface area contributed by atoms with Crippen molar-refractivity contribution in [2.45, 2.75) is 49.8 Å². The Labute approximate surface area is 182 Å². The molecule has 1 aromatic rings. The monoisotopic (exact) mass is 564 g/mol. The smallest absolute Gasteiger partial charge is 0.251 e. The first-order valence-electron chi connectivity index (χ1n) is 8.19. The molecule has 0 aliphatic heterocycles. The molecule has 0 unspecified atom stereocenters. The molecule has 196 valence electrons. The van der Waals surface area contributed by atoms with E-state index < -0.39 is 50.0 Å². The highest BCUT2D eigenvalue weighted by atomic mass is 32.3. The molecule has 0 saturated carbocycles. The highest BCUT2D eigenvalue weighted by Crippen LogP contribution is 2.47. The third-order valence-electron chi connectivity index (χ3n) is 3.72. The molecule has 0 radical (unpaired) electrons. The highest BCUT2D eigenvalue weighted by molar-refractivity contribution is 8.29. The fourth-order valence-electron chi connectivity index (χ4n) is 1.88. The maximum atomic E-state index is 12.0. The minimum absolute atomic E-state index is 1.16. The average Bonchev–Trinajstić information content (AvgIpc) is 2.88. The molecule has 20 heteroatoms. The summed E-state index contributed by atoms with van der Waals surface area (Å²) in [7, 11) is -22.0. The lowest BCUT2D eigenvalue weighted by molar-refractivity contribution is -0.677. The molecular weight excluding hydrogens is 547 g/mol. The number of alkyl halides is 9. The molecule has 0 saturated heterocycles. The fourth-order valence-corrected chi connectivity index (χ4v) is 7.61. The summed E-state index contributed by atoms with van der Waals surface area (Å²) in [5.74, 6) is 1.33. The van der Waals surface area contributed by atoms with Gasteiger partial charge in [-0.25, -0.2) is 9.13 Å². The molecule has 1 aromatic heterocycles. The summed E-state index contributed by atoms with van der Waals surface area (Å²) in [4.78, 5) is 0. The van der Waals surface area contributed by atoms with E-state index in [2.05, 4.69) is 42.4 Å². The van der Waals surface area contributed by atoms with Crippen LogP contribution in [-0.2, 0) is 43.1 Å². The SMILES string of the molecule is CCCCn1cc[n+](C)c1C.O=S(=O)([C-](S(=O)(=O)C(F)(F)F)S(=O)(=O)C(F)(F)F)C(F)(F)F. The van der Waals surface area contributed by atoms with E-state index in [0.717, 1.165) is 6.54 Å². The van der Waals surface area contributed by atoms with Crippen molar-refractivity contribution >= 4 is 29.5 Å². The Hall–Kier alpha value is -1.57. The summed E-state index contributed by atoms with van der Waals surface area (Å²) in [5.41, 5.74) is -21.2. The van der Waals surface area contributed by atoms with E-state index in [1.165, 1.54) is 18.7 Å². The van der Waals surface area contributed by atoms with Crippen molar-refractivity contribution in [2.75, 3.05) is 0 Å². The summed E-state index contributed by atoms with van der Waals surface area (Å²) in [6.07, 6.45) is 6.78. The summed E-state index contributed by atoms with van der Waals surface area (Å²) in [5, 5.41) is 0. The van der Waals surface area contributed by atoms with Crippen LogP contribution in [-0.4, -0.2) is 46.3 Å². The zero-order valence-electron chi connectivity index (χ0n) is 16.7. The Morgan fingerprint density at radius 1 is 0.818 bits per heavy atom. The summed E-state index contributed by atoms with van der Waals surface area (Å²) < 4.78 is 172. The van der Waals surface area contributed by atoms with E-state index >= 15 is 0 Å². The van der Waals surface area contributed by atoms with Gasteiger partial charge >= 0.3 is 16.5 Å². The van der Waals surface area contributed by atoms with Gasteiger partial charge in [-0.1, -0.05) is 13.3 Å². The van der Waals surface area contributed by atoms with E-state index in [1.807, 2.05) is 0 Å². The van der Waals surface area contributed by atoms with Gasteiger partial charge in [0.05, 0.1) is 17.5 Å². The van der Waals surface area contributed by atoms with Gasteiger partial charge in [-0.05, 0) is 6.42 Å². The molecule has 0 atom stereocenters. The molecule has 1 heterocycles. The summed E-state index contributed by atoms with van der Waals surface area (Å²) in [6, 6.07) is 0. The van der Waals surface area contributed by atoms with Crippen molar-refractivity contribution in [2.24, 2.45) is 7.05 Å². The molecule has 0 aliphatic carbocycles. The predicted octanol–water partition coefficient (Wildman–Crippen LogP) is 2.66. The number of halogens is 9. The number of unbranched alkanes of at least 4 members (excludes halogenated alkanes) is 1. The standard InChI is InChI=1S/C9H17N2.C4F9O6S3/c1-4-5-6-11-8-7-10(3)9(11)2;5-2(6,7)20(14,15)1(21(16,17)3(8,9)10)22(18,19)4(11,12)13/h7-8H,4-6H2,1-3H3;/q+1;-1. The number of rotatable bonds is 6. The Morgan fingerprint density at radius 3 is 1.36 bits per heavy atom. The molecule has 0 fully saturated rings. The molecule has 8 nitrogen and oxygen atoms in total. The minimum atomic E-state index is -8.02. The maximum absolute atomic E-state index is 12.0. The van der Waals surface area contributed by atoms with Crippen LogP contribution in [0.5, 0.6) is 0 Å². The Balaban J connectivity index is 0.000000771. The van der Waals surface area contributed by atoms with Crippen LogP contribution >= 0.6 is 0 Å². The second kappa shape index (κ2) is 9.96. The van der Waals surface area contributed by atoms with E-state index in [9.17, 15) is 64.8 Å². The number of nitrogens with zero attached hydrogens (tertiary/aromatic N) is 2. The van der Waals surface area contributed by atoms with Crippen LogP contribution < -0.4 is 4.57 Å². The van der Waals surface area contributed by atoms with E-state index in [0.29, 0.717) is 0 Å². The van der Waals surface area contributed by atoms with Crippen molar-refractivity contribution in [3.05, 3.63) is 22.1 Å². The summed E-state index contributed by atoms with van der Waals surface area (Å²) >= 11 is 0. The normalized spacial score (nSPS) is 14.2. The van der Waals surface area contributed by atoms with Crippen molar-refractivity contribution in [3.63, 3.8) is 0 Å². The topological polar surface area (TPSA) is 111 Å². The maximum Gasteiger partial charge on any atom is 0.470 e. The van der Waals surface area contributed by atoms with Crippen LogP contribution in [0.25, 0.3) is 0 Å². The quantitative estimate of drug-likeness (QED) is 0.299. The number of hydrogen-bond donors (Lipinski definition) is 0. The number of aromatic nitrogens is 2. The molecule has 0 bridgehead atoms. The lowest BCUT2D eigenvalue weighted by Gasteiger charge is -2.31. The molecule has 0 amide bonds. The van der Waals surface area contributed by atoms with Gasteiger partial charge in [0.1, 0.15) is 12.4 Å². The van der Waals surface area contributed by atoms with Crippen LogP contribution in [0.2, 0.25) is 0 Å². The second-order valence-corrected chi connectivity index (χ2v) is 12.5. The average molecular weight is 564 g/mol. The van der Waals surface area contributed by atoms with Crippen molar-refractivity contribution in [1.82, 2.24) is 4.57 Å². The number of hydrogen-bond acceptors (Lipinski definition) is 6. The minimum Gasteiger partial charge on any atom is -0.251 e. The number of imidazole rings is 1. The third kappa shape index (κ3) is 6.74. The van der Waals surface area contributed by atoms with E-state index in [-0.39, 0.29) is 0 Å². The largest absolute Gasteiger partial charge is 0.470 e. The molecule has 33 heavy (non-hydrogen) atoms. The molecule has 0 spiro atoms. The van der Waals surface area contributed by atoms with Crippen molar-refractivity contribution in [3.8, 4) is 0 Å². The zero-order valence-corrected chi connectivity index (χ0v) is 19.2. The molecule has 0 N–H and O–H groups in total. The van der Waals surface area contributed by atoms with Crippen LogP contribution in [0.15, 0.2) is 12.4 Å². The Kier molecular flexibility index (Phi) is 9.49. The van der Waals surface area contributed by atoms with Gasteiger partial charge in [-0.2, -0.15) is 39.5 Å². The van der Waals surface area contributed by atoms with E-state index in [1.54, 1.807) is 0 Å². The summed E-state index contributed by atoms with van der Waals surface area (Å²) in [6.45, 7) is 5.53. The third-order valence-corrected chi connectivity index (χ3v) is 10.8. The van der Waals surface area contributed by atoms with Crippen LogP contribution in [0.1, 0.15) is 25.6 Å². The molecule has 1 rings (SSSR count). The Morgan fingerprint density at radius 2 is 1.15 bits per heavy atom. The van der Waals surface area contributed by atoms with Gasteiger partial charge in [-0.3, -0.25) is 25.3 Å². The first-order chi connectivity index (χ1) is 14.4.